The largest absolute Gasteiger partial charge is 0.393 e. The number of aliphatic hydroxyl groups is 1. The Bertz CT molecular complexity index is 789. The molecule has 2 aliphatic carbocycles. The molecule has 2 aromatic rings. The minimum atomic E-state index is -0.450. The fraction of sp³-hybridized carbons (Fsp3) is 0.600. The van der Waals surface area contributed by atoms with E-state index in [9.17, 15) is 10.4 Å². The quantitative estimate of drug-likeness (QED) is 0.928. The molecule has 2 aliphatic rings. The van der Waals surface area contributed by atoms with Crippen LogP contribution < -0.4 is 0 Å². The van der Waals surface area contributed by atoms with Gasteiger partial charge >= 0.3 is 0 Å². The number of nitriles is 1. The molecule has 126 valence electrons. The molecular formula is C20H25N3O. The minimum Gasteiger partial charge on any atom is -0.393 e. The molecule has 0 amide bonds. The lowest BCUT2D eigenvalue weighted by Gasteiger charge is -2.33. The molecule has 2 fully saturated rings. The fourth-order valence-electron chi connectivity index (χ4n) is 4.23. The molecule has 0 atom stereocenters. The molecule has 2 saturated carbocycles. The Morgan fingerprint density at radius 3 is 2.62 bits per heavy atom. The van der Waals surface area contributed by atoms with Gasteiger partial charge in [-0.25, -0.2) is 0 Å². The molecule has 0 spiro atoms. The van der Waals surface area contributed by atoms with Gasteiger partial charge in [0.15, 0.2) is 0 Å². The molecule has 0 radical (unpaired) electrons. The van der Waals surface area contributed by atoms with Gasteiger partial charge in [0.2, 0.25) is 0 Å². The van der Waals surface area contributed by atoms with Crippen molar-refractivity contribution in [3.63, 3.8) is 0 Å². The molecule has 1 aromatic heterocycles. The SMILES string of the molecule is CCc1nn(C2CCC2)c2cc(C3(C#N)CCC(O)CC3)ccc12. The second kappa shape index (κ2) is 5.89. The van der Waals surface area contributed by atoms with Crippen molar-refractivity contribution >= 4 is 10.9 Å². The highest BCUT2D eigenvalue weighted by Gasteiger charge is 2.37. The van der Waals surface area contributed by atoms with E-state index >= 15 is 0 Å². The van der Waals surface area contributed by atoms with Crippen LogP contribution in [0, 0.1) is 11.3 Å². The lowest BCUT2D eigenvalue weighted by atomic mass is 9.69. The summed E-state index contributed by atoms with van der Waals surface area (Å²) in [5.41, 5.74) is 3.00. The van der Waals surface area contributed by atoms with Gasteiger partial charge in [-0.1, -0.05) is 19.1 Å². The van der Waals surface area contributed by atoms with E-state index in [1.165, 1.54) is 30.2 Å². The smallest absolute Gasteiger partial charge is 0.0825 e. The molecule has 1 heterocycles. The maximum atomic E-state index is 9.89. The van der Waals surface area contributed by atoms with Crippen LogP contribution in [0.15, 0.2) is 18.2 Å². The Morgan fingerprint density at radius 2 is 2.04 bits per heavy atom. The lowest BCUT2D eigenvalue weighted by molar-refractivity contribution is 0.109. The predicted octanol–water partition coefficient (Wildman–Crippen LogP) is 4.02. The van der Waals surface area contributed by atoms with E-state index in [1.54, 1.807) is 0 Å². The van der Waals surface area contributed by atoms with Crippen LogP contribution in [0.3, 0.4) is 0 Å². The van der Waals surface area contributed by atoms with Crippen molar-refractivity contribution in [1.82, 2.24) is 9.78 Å². The highest BCUT2D eigenvalue weighted by molar-refractivity contribution is 5.83. The Kier molecular flexibility index (Phi) is 3.85. The van der Waals surface area contributed by atoms with Gasteiger partial charge in [0.1, 0.15) is 0 Å². The summed E-state index contributed by atoms with van der Waals surface area (Å²) < 4.78 is 2.21. The molecular weight excluding hydrogens is 298 g/mol. The number of nitrogens with zero attached hydrogens (tertiary/aromatic N) is 3. The third-order valence-corrected chi connectivity index (χ3v) is 6.11. The van der Waals surface area contributed by atoms with Crippen molar-refractivity contribution < 1.29 is 5.11 Å². The van der Waals surface area contributed by atoms with Crippen LogP contribution in [-0.4, -0.2) is 21.0 Å². The van der Waals surface area contributed by atoms with Crippen molar-refractivity contribution in [2.24, 2.45) is 0 Å². The van der Waals surface area contributed by atoms with Crippen LogP contribution in [0.5, 0.6) is 0 Å². The monoisotopic (exact) mass is 323 g/mol. The average molecular weight is 323 g/mol. The third kappa shape index (κ3) is 2.34. The summed E-state index contributed by atoms with van der Waals surface area (Å²) in [5, 5.41) is 25.8. The van der Waals surface area contributed by atoms with Gasteiger partial charge in [-0.05, 0) is 63.0 Å². The zero-order valence-corrected chi connectivity index (χ0v) is 14.3. The zero-order chi connectivity index (χ0) is 16.7. The highest BCUT2D eigenvalue weighted by atomic mass is 16.3. The Balaban J connectivity index is 1.81. The van der Waals surface area contributed by atoms with Crippen LogP contribution in [0.2, 0.25) is 0 Å². The number of aliphatic hydroxyl groups excluding tert-OH is 1. The van der Waals surface area contributed by atoms with E-state index in [4.69, 9.17) is 5.10 Å². The molecule has 1 N–H and O–H groups in total. The summed E-state index contributed by atoms with van der Waals surface area (Å²) in [4.78, 5) is 0. The van der Waals surface area contributed by atoms with Crippen LogP contribution in [-0.2, 0) is 11.8 Å². The summed E-state index contributed by atoms with van der Waals surface area (Å²) >= 11 is 0. The van der Waals surface area contributed by atoms with Gasteiger partial charge in [-0.2, -0.15) is 10.4 Å². The standard InChI is InChI=1S/C20H25N3O/c1-2-18-17-7-6-14(20(13-21)10-8-16(24)9-11-20)12-19(17)23(22-18)15-4-3-5-15/h6-7,12,15-16,24H,2-5,8-11H2,1H3. The average Bonchev–Trinajstić information content (AvgIpc) is 2.92. The molecule has 0 bridgehead atoms. The molecule has 0 unspecified atom stereocenters. The molecule has 4 heteroatoms. The van der Waals surface area contributed by atoms with E-state index < -0.39 is 5.41 Å². The number of rotatable bonds is 3. The topological polar surface area (TPSA) is 61.8 Å². The van der Waals surface area contributed by atoms with E-state index in [-0.39, 0.29) is 6.10 Å². The van der Waals surface area contributed by atoms with Crippen LogP contribution in [0.25, 0.3) is 10.9 Å². The zero-order valence-electron chi connectivity index (χ0n) is 14.3. The minimum absolute atomic E-state index is 0.248. The van der Waals surface area contributed by atoms with E-state index in [2.05, 4.69) is 35.9 Å². The summed E-state index contributed by atoms with van der Waals surface area (Å²) in [6.45, 7) is 2.15. The van der Waals surface area contributed by atoms with Crippen molar-refractivity contribution in [3.05, 3.63) is 29.5 Å². The fourth-order valence-corrected chi connectivity index (χ4v) is 4.23. The maximum absolute atomic E-state index is 9.89. The Morgan fingerprint density at radius 1 is 1.29 bits per heavy atom. The van der Waals surface area contributed by atoms with Crippen molar-refractivity contribution in [2.45, 2.75) is 75.9 Å². The molecule has 4 nitrogen and oxygen atoms in total. The molecule has 1 aromatic carbocycles. The van der Waals surface area contributed by atoms with E-state index in [0.29, 0.717) is 18.9 Å². The normalized spacial score (nSPS) is 27.8. The van der Waals surface area contributed by atoms with Gasteiger partial charge in [-0.15, -0.1) is 0 Å². The van der Waals surface area contributed by atoms with Crippen molar-refractivity contribution in [3.8, 4) is 6.07 Å². The molecule has 0 saturated heterocycles. The summed E-state index contributed by atoms with van der Waals surface area (Å²) in [6, 6.07) is 9.59. The number of benzene rings is 1. The summed E-state index contributed by atoms with van der Waals surface area (Å²) in [5.74, 6) is 0. The molecule has 0 aliphatic heterocycles. The van der Waals surface area contributed by atoms with Crippen molar-refractivity contribution in [1.29, 1.82) is 5.26 Å². The Hall–Kier alpha value is -1.86. The Labute approximate surface area is 143 Å². The van der Waals surface area contributed by atoms with Crippen LogP contribution in [0.1, 0.15) is 69.2 Å². The van der Waals surface area contributed by atoms with Crippen molar-refractivity contribution in [2.75, 3.05) is 0 Å². The van der Waals surface area contributed by atoms with Gasteiger partial charge < -0.3 is 5.11 Å². The predicted molar refractivity (Wildman–Crippen MR) is 93.8 cm³/mol. The van der Waals surface area contributed by atoms with Gasteiger partial charge in [0.25, 0.3) is 0 Å². The summed E-state index contributed by atoms with van der Waals surface area (Å²) in [6.07, 6.45) is 7.31. The van der Waals surface area contributed by atoms with E-state index in [0.717, 1.165) is 30.5 Å². The van der Waals surface area contributed by atoms with Crippen LogP contribution >= 0.6 is 0 Å². The second-order valence-electron chi connectivity index (χ2n) is 7.49. The number of aromatic nitrogens is 2. The first-order valence-corrected chi connectivity index (χ1v) is 9.28. The first kappa shape index (κ1) is 15.7. The second-order valence-corrected chi connectivity index (χ2v) is 7.49. The highest BCUT2D eigenvalue weighted by Crippen LogP contribution is 2.41. The number of hydrogen-bond donors (Lipinski definition) is 1. The first-order chi connectivity index (χ1) is 11.7. The molecule has 4 rings (SSSR count). The van der Waals surface area contributed by atoms with Gasteiger partial charge in [0, 0.05) is 5.39 Å². The number of fused-ring (bicyclic) bond motifs is 1. The third-order valence-electron chi connectivity index (χ3n) is 6.11. The van der Waals surface area contributed by atoms with Gasteiger partial charge in [0.05, 0.1) is 34.8 Å². The molecule has 24 heavy (non-hydrogen) atoms. The first-order valence-electron chi connectivity index (χ1n) is 9.28. The lowest BCUT2D eigenvalue weighted by Crippen LogP contribution is -2.32. The summed E-state index contributed by atoms with van der Waals surface area (Å²) in [7, 11) is 0. The van der Waals surface area contributed by atoms with Gasteiger partial charge in [-0.3, -0.25) is 4.68 Å². The maximum Gasteiger partial charge on any atom is 0.0825 e. The van der Waals surface area contributed by atoms with E-state index in [1.807, 2.05) is 0 Å². The van der Waals surface area contributed by atoms with Crippen LogP contribution in [0.4, 0.5) is 0 Å². The number of aryl methyl sites for hydroxylation is 1. The number of hydrogen-bond acceptors (Lipinski definition) is 3.